The Morgan fingerprint density at radius 1 is 1.22 bits per heavy atom. The smallest absolute Gasteiger partial charge is 0.374 e. The predicted molar refractivity (Wildman–Crippen MR) is 60.9 cm³/mol. The van der Waals surface area contributed by atoms with Gasteiger partial charge in [0.25, 0.3) is 0 Å². The van der Waals surface area contributed by atoms with Crippen molar-refractivity contribution in [3.05, 3.63) is 35.9 Å². The Bertz CT molecular complexity index is 587. The van der Waals surface area contributed by atoms with Crippen LogP contribution in [-0.2, 0) is 0 Å². The van der Waals surface area contributed by atoms with E-state index in [-0.39, 0.29) is 17.7 Å². The Kier molecular flexibility index (Phi) is 3.00. The highest BCUT2D eigenvalue weighted by molar-refractivity contribution is 5.83. The molecule has 7 nitrogen and oxygen atoms in total. The second-order valence-electron chi connectivity index (χ2n) is 3.28. The number of nitrogens with zero attached hydrogens (tertiary/aromatic N) is 3. The largest absolute Gasteiger partial charge is 0.475 e. The average Bonchev–Trinajstić information content (AvgIpc) is 2.31. The standard InChI is InChI=1S/C10H8FN5O2/c11-5-1-3-6(4-2-5)13-10-15-7(8(17)18)14-9(12)16-10/h1-4H,(H,17,18)(H3,12,13,14,15,16). The number of carbonyl (C=O) groups is 1. The predicted octanol–water partition coefficient (Wildman–Crippen LogP) is 1.03. The molecule has 0 spiro atoms. The fraction of sp³-hybridized carbons (Fsp3) is 0. The van der Waals surface area contributed by atoms with Gasteiger partial charge in [0.15, 0.2) is 0 Å². The molecule has 2 rings (SSSR count). The molecule has 0 fully saturated rings. The molecule has 0 aliphatic carbocycles. The Hall–Kier alpha value is -2.77. The van der Waals surface area contributed by atoms with Crippen molar-refractivity contribution in [3.63, 3.8) is 0 Å². The van der Waals surface area contributed by atoms with Crippen molar-refractivity contribution >= 4 is 23.6 Å². The molecule has 1 heterocycles. The van der Waals surface area contributed by atoms with Gasteiger partial charge in [-0.05, 0) is 24.3 Å². The minimum Gasteiger partial charge on any atom is -0.475 e. The molecule has 0 aliphatic rings. The van der Waals surface area contributed by atoms with Crippen molar-refractivity contribution in [1.82, 2.24) is 15.0 Å². The first-order chi connectivity index (χ1) is 8.54. The lowest BCUT2D eigenvalue weighted by Gasteiger charge is -2.05. The number of nitrogens with one attached hydrogen (secondary N) is 1. The SMILES string of the molecule is Nc1nc(Nc2ccc(F)cc2)nc(C(=O)O)n1. The summed E-state index contributed by atoms with van der Waals surface area (Å²) in [6.45, 7) is 0. The van der Waals surface area contributed by atoms with Crippen molar-refractivity contribution in [3.8, 4) is 0 Å². The molecule has 0 bridgehead atoms. The topological polar surface area (TPSA) is 114 Å². The van der Waals surface area contributed by atoms with Gasteiger partial charge in [0, 0.05) is 5.69 Å². The van der Waals surface area contributed by atoms with Gasteiger partial charge in [-0.3, -0.25) is 0 Å². The van der Waals surface area contributed by atoms with E-state index in [2.05, 4.69) is 20.3 Å². The normalized spacial score (nSPS) is 10.1. The number of hydrogen-bond acceptors (Lipinski definition) is 6. The van der Waals surface area contributed by atoms with E-state index in [0.717, 1.165) is 0 Å². The van der Waals surface area contributed by atoms with Crippen LogP contribution in [0.3, 0.4) is 0 Å². The molecule has 0 saturated heterocycles. The first kappa shape index (κ1) is 11.7. The van der Waals surface area contributed by atoms with E-state index in [1.54, 1.807) is 0 Å². The summed E-state index contributed by atoms with van der Waals surface area (Å²) < 4.78 is 12.7. The number of benzene rings is 1. The number of nitrogens with two attached hydrogens (primary N) is 1. The van der Waals surface area contributed by atoms with E-state index in [9.17, 15) is 9.18 Å². The lowest BCUT2D eigenvalue weighted by atomic mass is 10.3. The second-order valence-corrected chi connectivity index (χ2v) is 3.28. The third-order valence-corrected chi connectivity index (χ3v) is 1.94. The molecule has 0 atom stereocenters. The maximum absolute atomic E-state index is 12.7. The highest BCUT2D eigenvalue weighted by Gasteiger charge is 2.10. The van der Waals surface area contributed by atoms with Crippen molar-refractivity contribution in [1.29, 1.82) is 0 Å². The van der Waals surface area contributed by atoms with Crippen LogP contribution in [0.15, 0.2) is 24.3 Å². The lowest BCUT2D eigenvalue weighted by molar-refractivity contribution is 0.0683. The summed E-state index contributed by atoms with van der Waals surface area (Å²) in [4.78, 5) is 21.5. The summed E-state index contributed by atoms with van der Waals surface area (Å²) in [5.41, 5.74) is 5.85. The van der Waals surface area contributed by atoms with Crippen LogP contribution in [0.4, 0.5) is 22.0 Å². The number of halogens is 1. The maximum atomic E-state index is 12.7. The fourth-order valence-electron chi connectivity index (χ4n) is 1.21. The van der Waals surface area contributed by atoms with Gasteiger partial charge in [-0.2, -0.15) is 15.0 Å². The van der Waals surface area contributed by atoms with Gasteiger partial charge in [0.2, 0.25) is 17.7 Å². The quantitative estimate of drug-likeness (QED) is 0.744. The number of aromatic carboxylic acids is 1. The zero-order valence-electron chi connectivity index (χ0n) is 8.96. The molecule has 92 valence electrons. The number of carboxylic acid groups (broad SMARTS) is 1. The Morgan fingerprint density at radius 3 is 2.50 bits per heavy atom. The number of rotatable bonds is 3. The zero-order chi connectivity index (χ0) is 13.1. The van der Waals surface area contributed by atoms with Gasteiger partial charge < -0.3 is 16.2 Å². The zero-order valence-corrected chi connectivity index (χ0v) is 8.96. The van der Waals surface area contributed by atoms with E-state index in [1.807, 2.05) is 0 Å². The molecule has 0 amide bonds. The van der Waals surface area contributed by atoms with Gasteiger partial charge >= 0.3 is 5.97 Å². The molecule has 0 unspecified atom stereocenters. The molecular weight excluding hydrogens is 241 g/mol. The van der Waals surface area contributed by atoms with Crippen molar-refractivity contribution in [2.45, 2.75) is 0 Å². The lowest BCUT2D eigenvalue weighted by Crippen LogP contribution is -2.11. The highest BCUT2D eigenvalue weighted by atomic mass is 19.1. The third-order valence-electron chi connectivity index (χ3n) is 1.94. The van der Waals surface area contributed by atoms with Crippen LogP contribution >= 0.6 is 0 Å². The van der Waals surface area contributed by atoms with Crippen LogP contribution in [0.1, 0.15) is 10.6 Å². The molecular formula is C10H8FN5O2. The first-order valence-electron chi connectivity index (χ1n) is 4.82. The molecule has 18 heavy (non-hydrogen) atoms. The molecule has 4 N–H and O–H groups in total. The van der Waals surface area contributed by atoms with Crippen LogP contribution in [-0.4, -0.2) is 26.0 Å². The van der Waals surface area contributed by atoms with Gasteiger partial charge in [0.05, 0.1) is 0 Å². The van der Waals surface area contributed by atoms with E-state index in [4.69, 9.17) is 10.8 Å². The van der Waals surface area contributed by atoms with Crippen LogP contribution in [0.5, 0.6) is 0 Å². The maximum Gasteiger partial charge on any atom is 0.374 e. The van der Waals surface area contributed by atoms with Crippen molar-refractivity contribution in [2.24, 2.45) is 0 Å². The number of anilines is 3. The molecule has 1 aromatic heterocycles. The summed E-state index contributed by atoms with van der Waals surface area (Å²) in [5.74, 6) is -2.40. The number of aromatic nitrogens is 3. The molecule has 0 saturated carbocycles. The van der Waals surface area contributed by atoms with Gasteiger partial charge in [-0.1, -0.05) is 0 Å². The van der Waals surface area contributed by atoms with E-state index in [0.29, 0.717) is 5.69 Å². The molecule has 0 radical (unpaired) electrons. The van der Waals surface area contributed by atoms with E-state index >= 15 is 0 Å². The molecule has 2 aromatic rings. The summed E-state index contributed by atoms with van der Waals surface area (Å²) in [7, 11) is 0. The van der Waals surface area contributed by atoms with Crippen molar-refractivity contribution < 1.29 is 14.3 Å². The molecule has 1 aromatic carbocycles. The Labute approximate surface area is 101 Å². The summed E-state index contributed by atoms with van der Waals surface area (Å²) in [6, 6.07) is 5.39. The second kappa shape index (κ2) is 4.62. The van der Waals surface area contributed by atoms with E-state index in [1.165, 1.54) is 24.3 Å². The van der Waals surface area contributed by atoms with Gasteiger partial charge in [0.1, 0.15) is 5.82 Å². The fourth-order valence-corrected chi connectivity index (χ4v) is 1.21. The monoisotopic (exact) mass is 249 g/mol. The van der Waals surface area contributed by atoms with E-state index < -0.39 is 11.8 Å². The Balaban J connectivity index is 2.28. The summed E-state index contributed by atoms with van der Waals surface area (Å²) >= 11 is 0. The summed E-state index contributed by atoms with van der Waals surface area (Å²) in [5, 5.41) is 11.4. The molecule has 0 aliphatic heterocycles. The van der Waals surface area contributed by atoms with Crippen LogP contribution in [0.2, 0.25) is 0 Å². The third kappa shape index (κ3) is 2.67. The molecule has 8 heteroatoms. The van der Waals surface area contributed by atoms with Gasteiger partial charge in [-0.25, -0.2) is 9.18 Å². The Morgan fingerprint density at radius 2 is 1.89 bits per heavy atom. The van der Waals surface area contributed by atoms with Gasteiger partial charge in [-0.15, -0.1) is 0 Å². The van der Waals surface area contributed by atoms with Crippen LogP contribution in [0.25, 0.3) is 0 Å². The number of nitrogen functional groups attached to an aromatic ring is 1. The van der Waals surface area contributed by atoms with Crippen molar-refractivity contribution in [2.75, 3.05) is 11.1 Å². The summed E-state index contributed by atoms with van der Waals surface area (Å²) in [6.07, 6.45) is 0. The van der Waals surface area contributed by atoms with Crippen LogP contribution < -0.4 is 11.1 Å². The minimum atomic E-state index is -1.31. The number of hydrogen-bond donors (Lipinski definition) is 3. The average molecular weight is 249 g/mol. The van der Waals surface area contributed by atoms with Crippen LogP contribution in [0, 0.1) is 5.82 Å². The highest BCUT2D eigenvalue weighted by Crippen LogP contribution is 2.13. The number of carboxylic acids is 1. The first-order valence-corrected chi connectivity index (χ1v) is 4.82. The minimum absolute atomic E-state index is 0.0218.